The van der Waals surface area contributed by atoms with Crippen molar-refractivity contribution in [3.63, 3.8) is 0 Å². The average molecular weight is 253 g/mol. The van der Waals surface area contributed by atoms with Crippen molar-refractivity contribution in [3.8, 4) is 6.01 Å². The minimum absolute atomic E-state index is 0.288. The van der Waals surface area contributed by atoms with Crippen LogP contribution in [0.4, 0.5) is 11.9 Å². The number of rotatable bonds is 8. The molecule has 0 amide bonds. The lowest BCUT2D eigenvalue weighted by Crippen LogP contribution is -2.14. The van der Waals surface area contributed by atoms with Crippen molar-refractivity contribution >= 4 is 11.9 Å². The van der Waals surface area contributed by atoms with Crippen LogP contribution in [0.15, 0.2) is 0 Å². The highest BCUT2D eigenvalue weighted by atomic mass is 16.5. The number of nitrogens with zero attached hydrogens (tertiary/aromatic N) is 3. The van der Waals surface area contributed by atoms with Crippen LogP contribution in [0.1, 0.15) is 12.8 Å². The van der Waals surface area contributed by atoms with Gasteiger partial charge in [0.1, 0.15) is 0 Å². The maximum atomic E-state index is 5.51. The lowest BCUT2D eigenvalue weighted by Gasteiger charge is -2.08. The van der Waals surface area contributed by atoms with Gasteiger partial charge in [-0.1, -0.05) is 0 Å². The normalized spacial score (nSPS) is 14.3. The third kappa shape index (κ3) is 3.99. The largest absolute Gasteiger partial charge is 0.467 e. The minimum atomic E-state index is 0.288. The predicted octanol–water partition coefficient (Wildman–Crippen LogP) is 0.760. The third-order valence-electron chi connectivity index (χ3n) is 2.60. The van der Waals surface area contributed by atoms with Gasteiger partial charge in [0, 0.05) is 20.2 Å². The monoisotopic (exact) mass is 253 g/mol. The van der Waals surface area contributed by atoms with Gasteiger partial charge in [-0.2, -0.15) is 15.0 Å². The van der Waals surface area contributed by atoms with Crippen molar-refractivity contribution in [2.75, 3.05) is 44.5 Å². The van der Waals surface area contributed by atoms with E-state index in [1.54, 1.807) is 7.05 Å². The van der Waals surface area contributed by atoms with E-state index in [1.165, 1.54) is 20.0 Å². The molecule has 0 spiro atoms. The van der Waals surface area contributed by atoms with E-state index < -0.39 is 0 Å². The zero-order valence-electron chi connectivity index (χ0n) is 10.8. The van der Waals surface area contributed by atoms with Crippen LogP contribution >= 0.6 is 0 Å². The molecule has 0 aromatic carbocycles. The summed E-state index contributed by atoms with van der Waals surface area (Å²) in [6.45, 7) is 2.19. The summed E-state index contributed by atoms with van der Waals surface area (Å²) in [6.07, 6.45) is 2.62. The molecule has 0 radical (unpaired) electrons. The van der Waals surface area contributed by atoms with Crippen molar-refractivity contribution in [2.24, 2.45) is 5.92 Å². The summed E-state index contributed by atoms with van der Waals surface area (Å²) in [7, 11) is 3.27. The standard InChI is InChI=1S/C11H19N5O2/c1-12-9-14-10(16-11(15-9)17-2)13-5-6-18-7-8-3-4-8/h8H,3-7H2,1-2H3,(H2,12,13,14,15,16). The molecule has 1 fully saturated rings. The zero-order chi connectivity index (χ0) is 12.8. The second-order valence-corrected chi connectivity index (χ2v) is 4.16. The minimum Gasteiger partial charge on any atom is -0.467 e. The first-order chi connectivity index (χ1) is 8.81. The van der Waals surface area contributed by atoms with Crippen LogP contribution in [-0.2, 0) is 4.74 Å². The number of methoxy groups -OCH3 is 1. The first-order valence-corrected chi connectivity index (χ1v) is 6.11. The fourth-order valence-electron chi connectivity index (χ4n) is 1.41. The van der Waals surface area contributed by atoms with Crippen LogP contribution in [-0.4, -0.2) is 48.9 Å². The van der Waals surface area contributed by atoms with Crippen LogP contribution in [0, 0.1) is 5.92 Å². The molecule has 0 unspecified atom stereocenters. The number of hydrogen-bond donors (Lipinski definition) is 2. The number of anilines is 2. The zero-order valence-corrected chi connectivity index (χ0v) is 10.8. The summed E-state index contributed by atoms with van der Waals surface area (Å²) >= 11 is 0. The molecular formula is C11H19N5O2. The molecule has 100 valence electrons. The molecule has 7 heteroatoms. The highest BCUT2D eigenvalue weighted by Gasteiger charge is 2.20. The molecule has 1 aromatic heterocycles. The van der Waals surface area contributed by atoms with E-state index in [4.69, 9.17) is 9.47 Å². The Balaban J connectivity index is 1.75. The van der Waals surface area contributed by atoms with Crippen molar-refractivity contribution < 1.29 is 9.47 Å². The quantitative estimate of drug-likeness (QED) is 0.662. The van der Waals surface area contributed by atoms with Gasteiger partial charge in [-0.3, -0.25) is 0 Å². The Morgan fingerprint density at radius 3 is 2.67 bits per heavy atom. The predicted molar refractivity (Wildman–Crippen MR) is 68.0 cm³/mol. The van der Waals surface area contributed by atoms with E-state index in [1.807, 2.05) is 0 Å². The molecule has 0 bridgehead atoms. The maximum absolute atomic E-state index is 5.51. The van der Waals surface area contributed by atoms with Crippen molar-refractivity contribution in [2.45, 2.75) is 12.8 Å². The fourth-order valence-corrected chi connectivity index (χ4v) is 1.41. The number of nitrogens with one attached hydrogen (secondary N) is 2. The Kier molecular flexibility index (Phi) is 4.52. The Bertz CT molecular complexity index is 361. The molecule has 1 saturated carbocycles. The summed E-state index contributed by atoms with van der Waals surface area (Å²) in [5.74, 6) is 1.75. The molecule has 1 heterocycles. The van der Waals surface area contributed by atoms with Gasteiger partial charge in [0.15, 0.2) is 0 Å². The first kappa shape index (κ1) is 12.8. The first-order valence-electron chi connectivity index (χ1n) is 6.11. The Morgan fingerprint density at radius 1 is 1.22 bits per heavy atom. The number of aromatic nitrogens is 3. The summed E-state index contributed by atoms with van der Waals surface area (Å²) in [5.41, 5.74) is 0. The highest BCUT2D eigenvalue weighted by molar-refractivity contribution is 5.35. The molecule has 1 aliphatic rings. The number of ether oxygens (including phenoxy) is 2. The van der Waals surface area contributed by atoms with Gasteiger partial charge in [-0.25, -0.2) is 0 Å². The van der Waals surface area contributed by atoms with Gasteiger partial charge in [0.25, 0.3) is 0 Å². The van der Waals surface area contributed by atoms with Crippen LogP contribution in [0.5, 0.6) is 6.01 Å². The van der Waals surface area contributed by atoms with E-state index in [0.717, 1.165) is 12.5 Å². The highest BCUT2D eigenvalue weighted by Crippen LogP contribution is 2.28. The molecule has 18 heavy (non-hydrogen) atoms. The van der Waals surface area contributed by atoms with Crippen LogP contribution in [0.2, 0.25) is 0 Å². The van der Waals surface area contributed by atoms with Gasteiger partial charge in [0.2, 0.25) is 11.9 Å². The van der Waals surface area contributed by atoms with E-state index in [-0.39, 0.29) is 6.01 Å². The van der Waals surface area contributed by atoms with Crippen LogP contribution in [0.25, 0.3) is 0 Å². The molecule has 0 atom stereocenters. The smallest absolute Gasteiger partial charge is 0.322 e. The Labute approximate surface area is 106 Å². The van der Waals surface area contributed by atoms with E-state index in [0.29, 0.717) is 25.0 Å². The summed E-state index contributed by atoms with van der Waals surface area (Å²) in [4.78, 5) is 12.3. The summed E-state index contributed by atoms with van der Waals surface area (Å²) in [5, 5.41) is 5.93. The average Bonchev–Trinajstić information content (AvgIpc) is 3.22. The van der Waals surface area contributed by atoms with Gasteiger partial charge in [0.05, 0.1) is 13.7 Å². The molecule has 1 aromatic rings. The fraction of sp³-hybridized carbons (Fsp3) is 0.727. The SMILES string of the molecule is CNc1nc(NCCOCC2CC2)nc(OC)n1. The van der Waals surface area contributed by atoms with Gasteiger partial charge in [-0.05, 0) is 18.8 Å². The second kappa shape index (κ2) is 6.34. The molecule has 1 aliphatic carbocycles. The lowest BCUT2D eigenvalue weighted by atomic mass is 10.5. The second-order valence-electron chi connectivity index (χ2n) is 4.16. The molecule has 0 saturated heterocycles. The topological polar surface area (TPSA) is 81.2 Å². The Morgan fingerprint density at radius 2 is 2.00 bits per heavy atom. The third-order valence-corrected chi connectivity index (χ3v) is 2.60. The van der Waals surface area contributed by atoms with E-state index in [9.17, 15) is 0 Å². The molecule has 2 N–H and O–H groups in total. The van der Waals surface area contributed by atoms with Crippen molar-refractivity contribution in [3.05, 3.63) is 0 Å². The van der Waals surface area contributed by atoms with Gasteiger partial charge in [-0.15, -0.1) is 0 Å². The summed E-state index contributed by atoms with van der Waals surface area (Å²) < 4.78 is 10.5. The number of hydrogen-bond acceptors (Lipinski definition) is 7. The lowest BCUT2D eigenvalue weighted by molar-refractivity contribution is 0.133. The van der Waals surface area contributed by atoms with Crippen LogP contribution < -0.4 is 15.4 Å². The summed E-state index contributed by atoms with van der Waals surface area (Å²) in [6, 6.07) is 0.288. The van der Waals surface area contributed by atoms with Crippen molar-refractivity contribution in [1.82, 2.24) is 15.0 Å². The van der Waals surface area contributed by atoms with Crippen LogP contribution in [0.3, 0.4) is 0 Å². The maximum Gasteiger partial charge on any atom is 0.322 e. The molecule has 2 rings (SSSR count). The van der Waals surface area contributed by atoms with Gasteiger partial charge >= 0.3 is 6.01 Å². The van der Waals surface area contributed by atoms with Gasteiger partial charge < -0.3 is 20.1 Å². The molecular weight excluding hydrogens is 234 g/mol. The molecule has 0 aliphatic heterocycles. The molecule has 7 nitrogen and oxygen atoms in total. The van der Waals surface area contributed by atoms with E-state index >= 15 is 0 Å². The van der Waals surface area contributed by atoms with E-state index in [2.05, 4.69) is 25.6 Å². The Hall–Kier alpha value is -1.63. The van der Waals surface area contributed by atoms with Crippen molar-refractivity contribution in [1.29, 1.82) is 0 Å².